The van der Waals surface area contributed by atoms with E-state index in [-0.39, 0.29) is 0 Å². The molecule has 0 atom stereocenters. The van der Waals surface area contributed by atoms with Crippen molar-refractivity contribution in [1.82, 2.24) is 0 Å². The van der Waals surface area contributed by atoms with Crippen molar-refractivity contribution in [3.8, 4) is 0 Å². The molecule has 1 rings (SSSR count). The molecular formula is C5H9NO2. The number of carbonyl (C=O) groups is 1. The molecule has 1 saturated carbocycles. The molecule has 46 valence electrons. The molecule has 8 heavy (non-hydrogen) atoms. The predicted octanol–water partition coefficient (Wildman–Crippen LogP) is -0.0476. The summed E-state index contributed by atoms with van der Waals surface area (Å²) in [5.74, 6) is -0.858. The molecule has 1 fully saturated rings. The Labute approximate surface area is 47.5 Å². The van der Waals surface area contributed by atoms with Gasteiger partial charge in [0.1, 0.15) is 5.54 Å². The largest absolute Gasteiger partial charge is 0.480 e. The molecule has 0 saturated heterocycles. The first-order valence-electron chi connectivity index (χ1n) is 2.67. The maximum atomic E-state index is 10.2. The summed E-state index contributed by atoms with van der Waals surface area (Å²) in [6.45, 7) is 0. The number of rotatable bonds is 1. The molecule has 0 aromatic rings. The number of nitrogens with two attached hydrogens (primary N) is 1. The van der Waals surface area contributed by atoms with Crippen molar-refractivity contribution in [2.45, 2.75) is 24.8 Å². The monoisotopic (exact) mass is 114 g/mol. The number of carboxylic acids is 1. The summed E-state index contributed by atoms with van der Waals surface area (Å²) in [6, 6.07) is 0. The molecule has 3 nitrogen and oxygen atoms in total. The Morgan fingerprint density at radius 3 is 2.12 bits per heavy atom. The highest BCUT2D eigenvalue weighted by molar-refractivity contribution is 5.79. The first-order chi connectivity index (χ1) is 3.65. The molecule has 1 aliphatic rings. The minimum atomic E-state index is -0.861. The zero-order valence-electron chi connectivity index (χ0n) is 4.55. The van der Waals surface area contributed by atoms with Crippen LogP contribution in [0.2, 0.25) is 0 Å². The van der Waals surface area contributed by atoms with E-state index < -0.39 is 11.5 Å². The lowest BCUT2D eigenvalue weighted by Crippen LogP contribution is -2.53. The van der Waals surface area contributed by atoms with E-state index in [1.165, 1.54) is 0 Å². The lowest BCUT2D eigenvalue weighted by atomic mass is 9.63. The van der Waals surface area contributed by atoms with Gasteiger partial charge in [-0.05, 0) is 19.3 Å². The summed E-state index contributed by atoms with van der Waals surface area (Å²) in [4.78, 5) is 10.2. The Morgan fingerprint density at radius 2 is 2.12 bits per heavy atom. The molecule has 0 radical (unpaired) electrons. The molecule has 0 unspecified atom stereocenters. The van der Waals surface area contributed by atoms with E-state index in [9.17, 15) is 4.79 Å². The maximum absolute atomic E-state index is 10.2. The lowest BCUT2D eigenvalue weighted by Gasteiger charge is -2.32. The molecule has 0 aliphatic heterocycles. The van der Waals surface area contributed by atoms with Crippen LogP contribution in [0.1, 0.15) is 19.3 Å². The van der Waals surface area contributed by atoms with Crippen LogP contribution in [-0.4, -0.2) is 16.6 Å². The average Bonchev–Trinajstić information content (AvgIpc) is 1.60. The Morgan fingerprint density at radius 1 is 1.62 bits per heavy atom. The van der Waals surface area contributed by atoms with E-state index in [1.807, 2.05) is 0 Å². The fourth-order valence-corrected chi connectivity index (χ4v) is 0.772. The second-order valence-corrected chi connectivity index (χ2v) is 2.31. The molecule has 0 aromatic heterocycles. The van der Waals surface area contributed by atoms with E-state index in [0.717, 1.165) is 6.42 Å². The van der Waals surface area contributed by atoms with Gasteiger partial charge in [-0.25, -0.2) is 0 Å². The SMILES string of the molecule is NC1([11C](=O)O)CCC1. The lowest BCUT2D eigenvalue weighted by molar-refractivity contribution is -0.146. The summed E-state index contributed by atoms with van der Waals surface area (Å²) in [6.07, 6.45) is 2.24. The van der Waals surface area contributed by atoms with E-state index in [1.54, 1.807) is 0 Å². The number of hydrogen-bond donors (Lipinski definition) is 2. The van der Waals surface area contributed by atoms with Crippen molar-refractivity contribution in [2.24, 2.45) is 5.73 Å². The van der Waals surface area contributed by atoms with E-state index >= 15 is 0 Å². The van der Waals surface area contributed by atoms with Crippen LogP contribution < -0.4 is 5.73 Å². The normalized spacial score (nSPS) is 24.1. The third-order valence-corrected chi connectivity index (χ3v) is 1.67. The van der Waals surface area contributed by atoms with Gasteiger partial charge in [0, 0.05) is 0 Å². The summed E-state index contributed by atoms with van der Waals surface area (Å²) in [5, 5.41) is 8.37. The van der Waals surface area contributed by atoms with Crippen LogP contribution in [0.25, 0.3) is 0 Å². The Bertz CT molecular complexity index is 118. The summed E-state index contributed by atoms with van der Waals surface area (Å²) in [5.41, 5.74) is 4.48. The van der Waals surface area contributed by atoms with Gasteiger partial charge in [0.2, 0.25) is 0 Å². The molecule has 1 aliphatic carbocycles. The van der Waals surface area contributed by atoms with Gasteiger partial charge < -0.3 is 10.8 Å². The van der Waals surface area contributed by atoms with Crippen molar-refractivity contribution >= 4 is 5.97 Å². The fourth-order valence-electron chi connectivity index (χ4n) is 0.772. The van der Waals surface area contributed by atoms with Crippen LogP contribution in [0.4, 0.5) is 0 Å². The van der Waals surface area contributed by atoms with Crippen LogP contribution in [0.3, 0.4) is 0 Å². The first-order valence-corrected chi connectivity index (χ1v) is 2.67. The Balaban J connectivity index is 2.53. The molecule has 0 bridgehead atoms. The number of hydrogen-bond acceptors (Lipinski definition) is 2. The minimum Gasteiger partial charge on any atom is -0.480 e. The Kier molecular flexibility index (Phi) is 1.01. The molecule has 3 heteroatoms. The second kappa shape index (κ2) is 1.45. The van der Waals surface area contributed by atoms with E-state index in [4.69, 9.17) is 10.8 Å². The molecular weight excluding hydrogens is 105 g/mol. The van der Waals surface area contributed by atoms with Gasteiger partial charge in [-0.1, -0.05) is 0 Å². The number of aliphatic carboxylic acids is 1. The van der Waals surface area contributed by atoms with Crippen LogP contribution in [0.5, 0.6) is 0 Å². The van der Waals surface area contributed by atoms with Crippen molar-refractivity contribution in [1.29, 1.82) is 0 Å². The minimum absolute atomic E-state index is 0.641. The molecule has 3 N–H and O–H groups in total. The smallest absolute Gasteiger partial charge is 0.323 e. The van der Waals surface area contributed by atoms with Crippen molar-refractivity contribution in [3.63, 3.8) is 0 Å². The molecule has 0 heterocycles. The van der Waals surface area contributed by atoms with E-state index in [2.05, 4.69) is 0 Å². The van der Waals surface area contributed by atoms with Gasteiger partial charge in [0.15, 0.2) is 0 Å². The van der Waals surface area contributed by atoms with Crippen LogP contribution in [0.15, 0.2) is 0 Å². The average molecular weight is 114 g/mol. The third kappa shape index (κ3) is 0.591. The predicted molar refractivity (Wildman–Crippen MR) is 28.4 cm³/mol. The number of carboxylic acid groups (broad SMARTS) is 1. The highest BCUT2D eigenvalue weighted by atomic mass is 16.3. The van der Waals surface area contributed by atoms with Crippen molar-refractivity contribution in [2.75, 3.05) is 0 Å². The standard InChI is InChI=1S/C5H9NO2/c6-5(4(7)8)2-1-3-5/h1-3,6H2,(H,7,8)/i4-1. The second-order valence-electron chi connectivity index (χ2n) is 2.31. The maximum Gasteiger partial charge on any atom is 0.323 e. The summed E-state index contributed by atoms with van der Waals surface area (Å²) in [7, 11) is 0. The first kappa shape index (κ1) is 5.56. The van der Waals surface area contributed by atoms with Crippen molar-refractivity contribution < 1.29 is 9.90 Å². The van der Waals surface area contributed by atoms with Crippen molar-refractivity contribution in [3.05, 3.63) is 0 Å². The zero-order chi connectivity index (χ0) is 6.20. The van der Waals surface area contributed by atoms with Crippen LogP contribution in [0, 0.1) is 0 Å². The molecule has 0 spiro atoms. The van der Waals surface area contributed by atoms with Gasteiger partial charge in [-0.3, -0.25) is 4.79 Å². The van der Waals surface area contributed by atoms with Gasteiger partial charge in [0.05, 0.1) is 0 Å². The Hall–Kier alpha value is -0.570. The quantitative estimate of drug-likeness (QED) is 0.502. The fraction of sp³-hybridized carbons (Fsp3) is 0.800. The van der Waals surface area contributed by atoms with Crippen LogP contribution in [-0.2, 0) is 4.79 Å². The highest BCUT2D eigenvalue weighted by Gasteiger charge is 2.39. The van der Waals surface area contributed by atoms with Crippen LogP contribution >= 0.6 is 0 Å². The topological polar surface area (TPSA) is 63.3 Å². The highest BCUT2D eigenvalue weighted by Crippen LogP contribution is 2.28. The van der Waals surface area contributed by atoms with E-state index in [0.29, 0.717) is 12.8 Å². The van der Waals surface area contributed by atoms with Gasteiger partial charge in [-0.15, -0.1) is 0 Å². The summed E-state index contributed by atoms with van der Waals surface area (Å²) < 4.78 is 0. The van der Waals surface area contributed by atoms with Gasteiger partial charge in [0.25, 0.3) is 0 Å². The van der Waals surface area contributed by atoms with Gasteiger partial charge in [-0.2, -0.15) is 0 Å². The summed E-state index contributed by atoms with van der Waals surface area (Å²) >= 11 is 0. The molecule has 0 aromatic carbocycles. The van der Waals surface area contributed by atoms with Gasteiger partial charge >= 0.3 is 5.97 Å². The molecule has 0 amide bonds. The third-order valence-electron chi connectivity index (χ3n) is 1.67. The zero-order valence-corrected chi connectivity index (χ0v) is 4.55.